The summed E-state index contributed by atoms with van der Waals surface area (Å²) in [7, 11) is 0. The van der Waals surface area contributed by atoms with E-state index < -0.39 is 20.4 Å². The third-order valence-electron chi connectivity index (χ3n) is 12.7. The van der Waals surface area contributed by atoms with Gasteiger partial charge in [-0.25, -0.2) is 0 Å². The Morgan fingerprint density at radius 2 is 1.17 bits per heavy atom. The first-order valence-electron chi connectivity index (χ1n) is 22.1. The molecule has 4 heterocycles. The average Bonchev–Trinajstić information content (AvgIpc) is 4.02. The van der Waals surface area contributed by atoms with E-state index in [1.165, 1.54) is 58.8 Å². The van der Waals surface area contributed by atoms with Gasteiger partial charge in [0.1, 0.15) is 6.67 Å². The molecule has 6 heteroatoms. The van der Waals surface area contributed by atoms with E-state index in [9.17, 15) is 0 Å². The molecule has 0 aliphatic carbocycles. The standard InChI is InChI=1S/C58H50N4OTe/c1-57(2,3)40-27-30-50-48(33-40)46-29-28-43(35-53(46)62(50)54-36-49(58(4,5)6)47-31-32-64-56(47)59-54)63-42-22-15-21-41(34-42)60-37-61(52-26-14-13-25-51(52)60)55-44(38-17-9-7-10-18-38)23-16-24-45(55)39-19-11-8-12-20-39/h7-36H,37H2,1-6H3. The molecule has 3 aromatic heterocycles. The van der Waals surface area contributed by atoms with Crippen molar-refractivity contribution in [2.75, 3.05) is 16.5 Å². The summed E-state index contributed by atoms with van der Waals surface area (Å²) in [4.78, 5) is 10.3. The molecule has 10 aromatic rings. The molecular weight excluding hydrogens is 896 g/mol. The van der Waals surface area contributed by atoms with Gasteiger partial charge in [-0.2, -0.15) is 0 Å². The van der Waals surface area contributed by atoms with E-state index >= 15 is 0 Å². The number of pyridine rings is 1. The van der Waals surface area contributed by atoms with Crippen molar-refractivity contribution in [2.24, 2.45) is 0 Å². The van der Waals surface area contributed by atoms with Gasteiger partial charge in [0.2, 0.25) is 0 Å². The first-order chi connectivity index (χ1) is 31.0. The fourth-order valence-corrected chi connectivity index (χ4v) is 11.7. The number of ether oxygens (including phenoxy) is 1. The van der Waals surface area contributed by atoms with Crippen LogP contribution >= 0.6 is 0 Å². The van der Waals surface area contributed by atoms with Gasteiger partial charge in [0.15, 0.2) is 0 Å². The molecule has 0 bridgehead atoms. The predicted molar refractivity (Wildman–Crippen MR) is 270 cm³/mol. The monoisotopic (exact) mass is 948 g/mol. The summed E-state index contributed by atoms with van der Waals surface area (Å²) in [5.74, 6) is 2.54. The van der Waals surface area contributed by atoms with E-state index in [1.54, 1.807) is 0 Å². The third-order valence-corrected chi connectivity index (χ3v) is 15.0. The molecule has 7 aromatic carbocycles. The Labute approximate surface area is 385 Å². The molecule has 0 unspecified atom stereocenters. The van der Waals surface area contributed by atoms with Gasteiger partial charge in [0, 0.05) is 11.1 Å². The second kappa shape index (κ2) is 15.6. The summed E-state index contributed by atoms with van der Waals surface area (Å²) in [6.45, 7) is 14.4. The van der Waals surface area contributed by atoms with Crippen LogP contribution in [0.3, 0.4) is 0 Å². The van der Waals surface area contributed by atoms with Crippen molar-refractivity contribution in [3.05, 3.63) is 191 Å². The van der Waals surface area contributed by atoms with Crippen molar-refractivity contribution in [3.8, 4) is 39.6 Å². The van der Waals surface area contributed by atoms with Gasteiger partial charge in [-0.05, 0) is 23.3 Å². The third kappa shape index (κ3) is 7.06. The molecule has 0 amide bonds. The molecule has 1 aliphatic rings. The van der Waals surface area contributed by atoms with Gasteiger partial charge in [-0.3, -0.25) is 0 Å². The normalized spacial score (nSPS) is 13.0. The second-order valence-corrected chi connectivity index (χ2v) is 21.5. The molecule has 0 atom stereocenters. The van der Waals surface area contributed by atoms with E-state index in [0.717, 1.165) is 45.4 Å². The molecule has 0 N–H and O–H groups in total. The molecule has 0 spiro atoms. The molecule has 0 radical (unpaired) electrons. The number of para-hydroxylation sites is 3. The van der Waals surface area contributed by atoms with Crippen LogP contribution in [0.15, 0.2) is 180 Å². The molecule has 5 nitrogen and oxygen atoms in total. The van der Waals surface area contributed by atoms with Crippen LogP contribution in [0, 0.1) is 0 Å². The van der Waals surface area contributed by atoms with E-state index in [0.29, 0.717) is 6.67 Å². The summed E-state index contributed by atoms with van der Waals surface area (Å²) >= 11 is -0.495. The molecule has 64 heavy (non-hydrogen) atoms. The van der Waals surface area contributed by atoms with Gasteiger partial charge in [-0.15, -0.1) is 0 Å². The fourth-order valence-electron chi connectivity index (χ4n) is 9.46. The number of anilines is 4. The van der Waals surface area contributed by atoms with Crippen molar-refractivity contribution < 1.29 is 4.74 Å². The van der Waals surface area contributed by atoms with E-state index in [1.807, 2.05) is 0 Å². The van der Waals surface area contributed by atoms with Crippen LogP contribution in [-0.4, -0.2) is 36.7 Å². The van der Waals surface area contributed by atoms with Crippen LogP contribution in [0.5, 0.6) is 11.5 Å². The number of benzene rings is 7. The van der Waals surface area contributed by atoms with Crippen LogP contribution in [-0.2, 0) is 10.8 Å². The number of rotatable bonds is 7. The van der Waals surface area contributed by atoms with Crippen molar-refractivity contribution in [1.29, 1.82) is 0 Å². The first kappa shape index (κ1) is 40.2. The zero-order valence-electron chi connectivity index (χ0n) is 37.1. The van der Waals surface area contributed by atoms with Gasteiger partial charge in [0.05, 0.1) is 17.1 Å². The summed E-state index contributed by atoms with van der Waals surface area (Å²) < 4.78 is 12.9. The fraction of sp³-hybridized carbons (Fsp3) is 0.155. The first-order valence-corrected chi connectivity index (χ1v) is 24.6. The van der Waals surface area contributed by atoms with Crippen molar-refractivity contribution in [1.82, 2.24) is 9.55 Å². The number of aromatic nitrogens is 2. The number of hydrogen-bond donors (Lipinski definition) is 0. The Hall–Kier alpha value is -6.58. The van der Waals surface area contributed by atoms with Crippen molar-refractivity contribution in [2.45, 2.75) is 52.4 Å². The topological polar surface area (TPSA) is 33.5 Å². The zero-order valence-corrected chi connectivity index (χ0v) is 39.5. The Morgan fingerprint density at radius 3 is 1.86 bits per heavy atom. The number of fused-ring (bicyclic) bond motifs is 5. The van der Waals surface area contributed by atoms with Gasteiger partial charge in [0.25, 0.3) is 0 Å². The minimum absolute atomic E-state index is 0.0150. The molecule has 1 aliphatic heterocycles. The molecule has 0 saturated heterocycles. The predicted octanol–water partition coefficient (Wildman–Crippen LogP) is 15.4. The maximum atomic E-state index is 6.88. The zero-order chi connectivity index (χ0) is 43.7. The van der Waals surface area contributed by atoms with Gasteiger partial charge in [-0.1, -0.05) is 91.0 Å². The van der Waals surface area contributed by atoms with Gasteiger partial charge < -0.3 is 4.90 Å². The van der Waals surface area contributed by atoms with E-state index in [4.69, 9.17) is 9.72 Å². The van der Waals surface area contributed by atoms with Crippen LogP contribution in [0.25, 0.3) is 58.8 Å². The Bertz CT molecular complexity index is 3310. The quantitative estimate of drug-likeness (QED) is 0.149. The van der Waals surface area contributed by atoms with Crippen LogP contribution in [0.2, 0.25) is 0 Å². The molecular formula is C58H50N4OTe. The van der Waals surface area contributed by atoms with Gasteiger partial charge >= 0.3 is 234 Å². The second-order valence-electron chi connectivity index (χ2n) is 18.9. The SMILES string of the molecule is CC(C)(C)c1ccc2c(c1)c1ccc(Oc3cccc(N4CN(c5c(-c6ccccc6)cccc5-c5ccccc5)c5ccccc54)c3)cc1n2-c1cc(C(C)(C)C)c2cc[te]c2n1. The summed E-state index contributed by atoms with van der Waals surface area (Å²) in [6.07, 6.45) is 0. The Balaban J connectivity index is 0.999. The van der Waals surface area contributed by atoms with E-state index in [2.05, 4.69) is 236 Å². The summed E-state index contributed by atoms with van der Waals surface area (Å²) in [5.41, 5.74) is 14.2. The maximum absolute atomic E-state index is 6.88. The van der Waals surface area contributed by atoms with Crippen molar-refractivity contribution >= 4 is 73.9 Å². The minimum atomic E-state index is -0.495. The molecule has 0 saturated carbocycles. The Morgan fingerprint density at radius 1 is 0.516 bits per heavy atom. The van der Waals surface area contributed by atoms with E-state index in [-0.39, 0.29) is 10.8 Å². The average molecular weight is 947 g/mol. The van der Waals surface area contributed by atoms with Crippen LogP contribution in [0.4, 0.5) is 22.7 Å². The van der Waals surface area contributed by atoms with Crippen molar-refractivity contribution in [3.63, 3.8) is 0 Å². The number of hydrogen-bond acceptors (Lipinski definition) is 4. The summed E-state index contributed by atoms with van der Waals surface area (Å²) in [6, 6.07) is 63.6. The number of nitrogens with zero attached hydrogens (tertiary/aromatic N) is 4. The Kier molecular flexibility index (Phi) is 9.80. The summed E-state index contributed by atoms with van der Waals surface area (Å²) in [5, 5.41) is 3.74. The molecule has 314 valence electrons. The van der Waals surface area contributed by atoms with Crippen LogP contribution in [0.1, 0.15) is 52.7 Å². The molecule has 11 rings (SSSR count). The van der Waals surface area contributed by atoms with Crippen LogP contribution < -0.4 is 14.5 Å². The molecule has 0 fully saturated rings.